The van der Waals surface area contributed by atoms with Gasteiger partial charge in [0.25, 0.3) is 5.91 Å². The van der Waals surface area contributed by atoms with Gasteiger partial charge in [0.05, 0.1) is 11.1 Å². The molecular formula is C24H22N2O2S2. The Kier molecular flexibility index (Phi) is 6.77. The minimum Gasteiger partial charge on any atom is -0.343 e. The molecule has 6 heteroatoms. The molecule has 30 heavy (non-hydrogen) atoms. The molecule has 0 aromatic heterocycles. The maximum absolute atomic E-state index is 12.4. The van der Waals surface area contributed by atoms with Crippen LogP contribution in [0.25, 0.3) is 11.1 Å². The molecule has 3 aromatic carbocycles. The first kappa shape index (κ1) is 20.6. The van der Waals surface area contributed by atoms with E-state index in [1.54, 1.807) is 12.1 Å². The molecule has 0 unspecified atom stereocenters. The van der Waals surface area contributed by atoms with E-state index in [0.717, 1.165) is 28.3 Å². The molecule has 152 valence electrons. The molecule has 0 aliphatic carbocycles. The van der Waals surface area contributed by atoms with Gasteiger partial charge in [-0.05, 0) is 41.0 Å². The van der Waals surface area contributed by atoms with Crippen molar-refractivity contribution in [1.82, 2.24) is 5.32 Å². The molecule has 1 heterocycles. The minimum atomic E-state index is -0.266. The lowest BCUT2D eigenvalue weighted by molar-refractivity contribution is -0.115. The molecule has 4 rings (SSSR count). The van der Waals surface area contributed by atoms with Crippen molar-refractivity contribution in [3.63, 3.8) is 0 Å². The zero-order valence-corrected chi connectivity index (χ0v) is 18.0. The predicted molar refractivity (Wildman–Crippen MR) is 127 cm³/mol. The van der Waals surface area contributed by atoms with E-state index >= 15 is 0 Å². The molecule has 0 bridgehead atoms. The lowest BCUT2D eigenvalue weighted by Gasteiger charge is -2.11. The SMILES string of the molecule is O=C(CNC(=O)c1ccc(-c2ccccc2)cc1)Nc1cccc(C2SCCS2)c1. The van der Waals surface area contributed by atoms with Crippen LogP contribution in [-0.4, -0.2) is 29.9 Å². The average Bonchev–Trinajstić information content (AvgIpc) is 3.33. The van der Waals surface area contributed by atoms with Crippen LogP contribution in [0, 0.1) is 0 Å². The maximum Gasteiger partial charge on any atom is 0.251 e. The summed E-state index contributed by atoms with van der Waals surface area (Å²) in [5.74, 6) is 1.81. The van der Waals surface area contributed by atoms with Crippen molar-refractivity contribution >= 4 is 41.0 Å². The van der Waals surface area contributed by atoms with E-state index in [2.05, 4.69) is 16.7 Å². The molecule has 0 atom stereocenters. The van der Waals surface area contributed by atoms with Gasteiger partial charge in [0.1, 0.15) is 0 Å². The molecule has 3 aromatic rings. The van der Waals surface area contributed by atoms with Crippen LogP contribution in [0.3, 0.4) is 0 Å². The highest BCUT2D eigenvalue weighted by Gasteiger charge is 2.18. The Morgan fingerprint density at radius 1 is 0.833 bits per heavy atom. The number of amides is 2. The van der Waals surface area contributed by atoms with Gasteiger partial charge >= 0.3 is 0 Å². The zero-order chi connectivity index (χ0) is 20.8. The fourth-order valence-electron chi connectivity index (χ4n) is 3.23. The third-order valence-corrected chi connectivity index (χ3v) is 7.83. The van der Waals surface area contributed by atoms with Crippen LogP contribution in [0.15, 0.2) is 78.9 Å². The summed E-state index contributed by atoms with van der Waals surface area (Å²) in [6.45, 7) is -0.0730. The number of carbonyl (C=O) groups excluding carboxylic acids is 2. The lowest BCUT2D eigenvalue weighted by Crippen LogP contribution is -2.32. The number of nitrogens with one attached hydrogen (secondary N) is 2. The second-order valence-corrected chi connectivity index (χ2v) is 9.60. The highest BCUT2D eigenvalue weighted by atomic mass is 32.2. The molecule has 2 amide bonds. The molecule has 1 aliphatic rings. The first-order valence-electron chi connectivity index (χ1n) is 9.76. The second kappa shape index (κ2) is 9.87. The number of carbonyl (C=O) groups is 2. The second-order valence-electron chi connectivity index (χ2n) is 6.87. The summed E-state index contributed by atoms with van der Waals surface area (Å²) in [6.07, 6.45) is 0. The summed E-state index contributed by atoms with van der Waals surface area (Å²) in [4.78, 5) is 24.7. The van der Waals surface area contributed by atoms with Gasteiger partial charge in [0, 0.05) is 22.8 Å². The number of rotatable bonds is 6. The van der Waals surface area contributed by atoms with E-state index in [1.165, 1.54) is 5.56 Å². The van der Waals surface area contributed by atoms with Crippen molar-refractivity contribution in [2.24, 2.45) is 0 Å². The van der Waals surface area contributed by atoms with Crippen LogP contribution < -0.4 is 10.6 Å². The largest absolute Gasteiger partial charge is 0.343 e. The molecule has 1 saturated heterocycles. The van der Waals surface area contributed by atoms with Crippen molar-refractivity contribution in [3.05, 3.63) is 90.0 Å². The summed E-state index contributed by atoms with van der Waals surface area (Å²) in [7, 11) is 0. The van der Waals surface area contributed by atoms with Crippen LogP contribution in [0.5, 0.6) is 0 Å². The van der Waals surface area contributed by atoms with Gasteiger partial charge < -0.3 is 10.6 Å². The highest BCUT2D eigenvalue weighted by molar-refractivity contribution is 8.19. The normalized spacial score (nSPS) is 13.7. The summed E-state index contributed by atoms with van der Waals surface area (Å²) in [5, 5.41) is 5.56. The van der Waals surface area contributed by atoms with Crippen LogP contribution in [-0.2, 0) is 4.79 Å². The number of thioether (sulfide) groups is 2. The smallest absolute Gasteiger partial charge is 0.251 e. The Morgan fingerprint density at radius 3 is 2.27 bits per heavy atom. The van der Waals surface area contributed by atoms with Gasteiger partial charge in [0.2, 0.25) is 5.91 Å². The highest BCUT2D eigenvalue weighted by Crippen LogP contribution is 2.45. The van der Waals surface area contributed by atoms with Gasteiger partial charge in [-0.15, -0.1) is 23.5 Å². The molecule has 1 aliphatic heterocycles. The summed E-state index contributed by atoms with van der Waals surface area (Å²) < 4.78 is 0.431. The number of hydrogen-bond acceptors (Lipinski definition) is 4. The fourth-order valence-corrected chi connectivity index (χ4v) is 6.06. The van der Waals surface area contributed by atoms with Crippen molar-refractivity contribution in [3.8, 4) is 11.1 Å². The third kappa shape index (κ3) is 5.26. The van der Waals surface area contributed by atoms with Crippen molar-refractivity contribution in [2.45, 2.75) is 4.58 Å². The van der Waals surface area contributed by atoms with E-state index in [1.807, 2.05) is 84.2 Å². The van der Waals surface area contributed by atoms with E-state index in [9.17, 15) is 9.59 Å². The summed E-state index contributed by atoms with van der Waals surface area (Å²) in [6, 6.07) is 25.3. The van der Waals surface area contributed by atoms with E-state index in [0.29, 0.717) is 10.1 Å². The van der Waals surface area contributed by atoms with Gasteiger partial charge in [-0.25, -0.2) is 0 Å². The average molecular weight is 435 g/mol. The molecule has 0 spiro atoms. The Balaban J connectivity index is 1.30. The first-order valence-corrected chi connectivity index (χ1v) is 11.9. The van der Waals surface area contributed by atoms with Crippen LogP contribution >= 0.6 is 23.5 Å². The molecular weight excluding hydrogens is 412 g/mol. The number of anilines is 1. The summed E-state index contributed by atoms with van der Waals surface area (Å²) in [5.41, 5.74) is 4.64. The molecule has 4 nitrogen and oxygen atoms in total. The maximum atomic E-state index is 12.4. The number of benzene rings is 3. The molecule has 0 radical (unpaired) electrons. The Bertz CT molecular complexity index is 1020. The predicted octanol–water partition coefficient (Wildman–Crippen LogP) is 5.20. The van der Waals surface area contributed by atoms with Crippen LogP contribution in [0.4, 0.5) is 5.69 Å². The van der Waals surface area contributed by atoms with Crippen LogP contribution in [0.1, 0.15) is 20.5 Å². The van der Waals surface area contributed by atoms with E-state index < -0.39 is 0 Å². The molecule has 1 fully saturated rings. The fraction of sp³-hybridized carbons (Fsp3) is 0.167. The Labute approximate surface area is 184 Å². The van der Waals surface area contributed by atoms with Gasteiger partial charge in [-0.2, -0.15) is 0 Å². The Hall–Kier alpha value is -2.70. The minimum absolute atomic E-state index is 0.0730. The Morgan fingerprint density at radius 2 is 1.53 bits per heavy atom. The standard InChI is InChI=1S/C24H22N2O2S2/c27-22(26-21-8-4-7-20(15-21)24-29-13-14-30-24)16-25-23(28)19-11-9-18(10-12-19)17-5-2-1-3-6-17/h1-12,15,24H,13-14,16H2,(H,25,28)(H,26,27). The van der Waals surface area contributed by atoms with Crippen molar-refractivity contribution < 1.29 is 9.59 Å². The van der Waals surface area contributed by atoms with Gasteiger partial charge in [0.15, 0.2) is 0 Å². The zero-order valence-electron chi connectivity index (χ0n) is 16.3. The quantitative estimate of drug-likeness (QED) is 0.560. The van der Waals surface area contributed by atoms with E-state index in [-0.39, 0.29) is 18.4 Å². The van der Waals surface area contributed by atoms with E-state index in [4.69, 9.17) is 0 Å². The third-order valence-electron chi connectivity index (χ3n) is 4.73. The van der Waals surface area contributed by atoms with Gasteiger partial charge in [-0.1, -0.05) is 54.6 Å². The van der Waals surface area contributed by atoms with Crippen molar-refractivity contribution in [1.29, 1.82) is 0 Å². The first-order chi connectivity index (χ1) is 14.7. The molecule has 2 N–H and O–H groups in total. The topological polar surface area (TPSA) is 58.2 Å². The molecule has 0 saturated carbocycles. The number of hydrogen-bond donors (Lipinski definition) is 2. The summed E-state index contributed by atoms with van der Waals surface area (Å²) >= 11 is 3.86. The van der Waals surface area contributed by atoms with Gasteiger partial charge in [-0.3, -0.25) is 9.59 Å². The van der Waals surface area contributed by atoms with Crippen molar-refractivity contribution in [2.75, 3.05) is 23.4 Å². The van der Waals surface area contributed by atoms with Crippen LogP contribution in [0.2, 0.25) is 0 Å². The lowest BCUT2D eigenvalue weighted by atomic mass is 10.0. The monoisotopic (exact) mass is 434 g/mol.